The Kier molecular flexibility index (Phi) is 9.23. The summed E-state index contributed by atoms with van der Waals surface area (Å²) in [5.41, 5.74) is 9.98. The van der Waals surface area contributed by atoms with Crippen molar-refractivity contribution in [3.63, 3.8) is 0 Å². The Bertz CT molecular complexity index is 1380. The van der Waals surface area contributed by atoms with Gasteiger partial charge in [0.2, 0.25) is 5.91 Å². The molecule has 0 aliphatic heterocycles. The van der Waals surface area contributed by atoms with Crippen molar-refractivity contribution in [2.75, 3.05) is 5.73 Å². The number of anilines is 1. The van der Waals surface area contributed by atoms with E-state index in [4.69, 9.17) is 15.6 Å². The van der Waals surface area contributed by atoms with Crippen molar-refractivity contribution in [3.05, 3.63) is 94.1 Å². The Morgan fingerprint density at radius 2 is 1.74 bits per heavy atom. The lowest BCUT2D eigenvalue weighted by Gasteiger charge is -2.20. The molecule has 0 saturated heterocycles. The predicted molar refractivity (Wildman–Crippen MR) is 144 cm³/mol. The first kappa shape index (κ1) is 28.4. The number of nitrogens with two attached hydrogens (primary N) is 1. The first-order chi connectivity index (χ1) is 18.0. The normalized spacial score (nSPS) is 12.5. The Labute approximate surface area is 221 Å². The number of ether oxygens (including phenoxy) is 1. The minimum absolute atomic E-state index is 0.0300. The van der Waals surface area contributed by atoms with Crippen LogP contribution in [-0.2, 0) is 16.0 Å². The van der Waals surface area contributed by atoms with Gasteiger partial charge in [0.15, 0.2) is 0 Å². The third-order valence-electron chi connectivity index (χ3n) is 6.49. The fourth-order valence-electron chi connectivity index (χ4n) is 4.15. The average Bonchev–Trinajstić information content (AvgIpc) is 2.86. The molecule has 3 aromatic rings. The first-order valence-electron chi connectivity index (χ1n) is 12.3. The third-order valence-corrected chi connectivity index (χ3v) is 6.49. The molecule has 3 rings (SSSR count). The number of aliphatic carboxylic acids is 1. The van der Waals surface area contributed by atoms with Gasteiger partial charge >= 0.3 is 5.97 Å². The molecular weight excluding hydrogens is 490 g/mol. The number of carboxylic acids is 1. The van der Waals surface area contributed by atoms with Gasteiger partial charge in [-0.05, 0) is 98.3 Å². The van der Waals surface area contributed by atoms with Crippen molar-refractivity contribution in [2.45, 2.75) is 53.0 Å². The highest BCUT2D eigenvalue weighted by Gasteiger charge is 2.19. The lowest BCUT2D eigenvalue weighted by atomic mass is 9.98. The van der Waals surface area contributed by atoms with Crippen molar-refractivity contribution in [2.24, 2.45) is 0 Å². The minimum Gasteiger partial charge on any atom is -0.481 e. The predicted octanol–water partition coefficient (Wildman–Crippen LogP) is 6.73. The number of nitrogen functional groups attached to an aromatic ring is 1. The molecule has 6 nitrogen and oxygen atoms in total. The van der Waals surface area contributed by atoms with Crippen LogP contribution in [0.1, 0.15) is 61.9 Å². The highest BCUT2D eigenvalue weighted by molar-refractivity contribution is 6.01. The number of hydrogen-bond donors (Lipinski definition) is 3. The van der Waals surface area contributed by atoms with Crippen LogP contribution < -0.4 is 15.8 Å². The van der Waals surface area contributed by atoms with E-state index in [9.17, 15) is 18.4 Å². The summed E-state index contributed by atoms with van der Waals surface area (Å²) in [6.45, 7) is 7.05. The molecule has 0 saturated carbocycles. The molecule has 8 heteroatoms. The SMILES string of the molecule is CC[C@@H](NC(=O)/C(C)=C(\C)c1cc(F)ccc1N)c1cc(F)cc(Oc2ccc(CCC(=O)O)c(C)c2)c1. The van der Waals surface area contributed by atoms with E-state index in [0.29, 0.717) is 46.6 Å². The van der Waals surface area contributed by atoms with Gasteiger partial charge in [0.25, 0.3) is 0 Å². The smallest absolute Gasteiger partial charge is 0.303 e. The molecule has 0 spiro atoms. The number of nitrogens with one attached hydrogen (secondary N) is 1. The van der Waals surface area contributed by atoms with Crippen molar-refractivity contribution in [3.8, 4) is 11.5 Å². The van der Waals surface area contributed by atoms with E-state index in [2.05, 4.69) is 5.32 Å². The molecule has 0 aliphatic carbocycles. The fraction of sp³-hybridized carbons (Fsp3) is 0.267. The van der Waals surface area contributed by atoms with Crippen LogP contribution in [0.5, 0.6) is 11.5 Å². The number of carbonyl (C=O) groups is 2. The zero-order chi connectivity index (χ0) is 28.0. The summed E-state index contributed by atoms with van der Waals surface area (Å²) >= 11 is 0. The molecule has 0 radical (unpaired) electrons. The molecule has 200 valence electrons. The van der Waals surface area contributed by atoms with Crippen molar-refractivity contribution < 1.29 is 28.2 Å². The van der Waals surface area contributed by atoms with Crippen LogP contribution in [0.15, 0.2) is 60.2 Å². The van der Waals surface area contributed by atoms with Crippen LogP contribution in [-0.4, -0.2) is 17.0 Å². The maximum atomic E-state index is 14.6. The Morgan fingerprint density at radius 3 is 2.39 bits per heavy atom. The second-order valence-corrected chi connectivity index (χ2v) is 9.22. The van der Waals surface area contributed by atoms with E-state index in [1.165, 1.54) is 30.3 Å². The monoisotopic (exact) mass is 522 g/mol. The maximum absolute atomic E-state index is 14.6. The number of amides is 1. The molecule has 4 N–H and O–H groups in total. The molecule has 3 aromatic carbocycles. The van der Waals surface area contributed by atoms with Crippen LogP contribution in [0.2, 0.25) is 0 Å². The first-order valence-corrected chi connectivity index (χ1v) is 12.3. The molecule has 0 unspecified atom stereocenters. The molecule has 0 bridgehead atoms. The van der Waals surface area contributed by atoms with E-state index in [0.717, 1.165) is 11.1 Å². The zero-order valence-electron chi connectivity index (χ0n) is 21.9. The number of aryl methyl sites for hydroxylation is 2. The van der Waals surface area contributed by atoms with Gasteiger partial charge in [0.1, 0.15) is 23.1 Å². The summed E-state index contributed by atoms with van der Waals surface area (Å²) in [4.78, 5) is 23.9. The summed E-state index contributed by atoms with van der Waals surface area (Å²) in [7, 11) is 0. The molecule has 0 fully saturated rings. The third kappa shape index (κ3) is 7.18. The number of rotatable bonds is 10. The lowest BCUT2D eigenvalue weighted by molar-refractivity contribution is -0.137. The highest BCUT2D eigenvalue weighted by Crippen LogP contribution is 2.30. The molecule has 38 heavy (non-hydrogen) atoms. The van der Waals surface area contributed by atoms with Crippen LogP contribution >= 0.6 is 0 Å². The zero-order valence-corrected chi connectivity index (χ0v) is 21.9. The summed E-state index contributed by atoms with van der Waals surface area (Å²) in [5.74, 6) is -1.47. The van der Waals surface area contributed by atoms with Crippen LogP contribution in [0, 0.1) is 18.6 Å². The second kappa shape index (κ2) is 12.4. The maximum Gasteiger partial charge on any atom is 0.303 e. The van der Waals surface area contributed by atoms with Gasteiger partial charge < -0.3 is 20.9 Å². The van der Waals surface area contributed by atoms with E-state index in [1.807, 2.05) is 13.8 Å². The summed E-state index contributed by atoms with van der Waals surface area (Å²) in [6.07, 6.45) is 0.922. The van der Waals surface area contributed by atoms with Gasteiger partial charge in [0, 0.05) is 29.3 Å². The van der Waals surface area contributed by atoms with Crippen LogP contribution in [0.3, 0.4) is 0 Å². The van der Waals surface area contributed by atoms with Gasteiger partial charge in [-0.15, -0.1) is 0 Å². The highest BCUT2D eigenvalue weighted by atomic mass is 19.1. The topological polar surface area (TPSA) is 102 Å². The average molecular weight is 523 g/mol. The van der Waals surface area contributed by atoms with Gasteiger partial charge in [-0.3, -0.25) is 9.59 Å². The largest absolute Gasteiger partial charge is 0.481 e. The van der Waals surface area contributed by atoms with Crippen molar-refractivity contribution >= 4 is 23.1 Å². The van der Waals surface area contributed by atoms with Gasteiger partial charge in [-0.2, -0.15) is 0 Å². The number of halogens is 2. The number of allylic oxidation sites excluding steroid dienone is 1. The fourth-order valence-corrected chi connectivity index (χ4v) is 4.15. The summed E-state index contributed by atoms with van der Waals surface area (Å²) < 4.78 is 34.2. The Hall–Kier alpha value is -4.20. The quantitative estimate of drug-likeness (QED) is 0.203. The minimum atomic E-state index is -0.867. The standard InChI is InChI=1S/C30H32F2N2O4/c1-5-28(34-30(37)19(4)18(3)26-16-22(31)8-10-27(26)33)21-13-23(32)15-25(14-21)38-24-9-6-20(17(2)12-24)7-11-29(35)36/h6,8-10,12-16,28H,5,7,11,33H2,1-4H3,(H,34,37)(H,35,36)/b19-18+/t28-/m1/s1. The number of benzene rings is 3. The van der Waals surface area contributed by atoms with E-state index >= 15 is 0 Å². The van der Waals surface area contributed by atoms with Gasteiger partial charge in [0.05, 0.1) is 6.04 Å². The van der Waals surface area contributed by atoms with Crippen molar-refractivity contribution in [1.29, 1.82) is 0 Å². The molecule has 0 heterocycles. The summed E-state index contributed by atoms with van der Waals surface area (Å²) in [6, 6.07) is 13.0. The Morgan fingerprint density at radius 1 is 1.00 bits per heavy atom. The van der Waals surface area contributed by atoms with E-state index in [-0.39, 0.29) is 18.1 Å². The molecule has 1 amide bonds. The van der Waals surface area contributed by atoms with Crippen molar-refractivity contribution in [1.82, 2.24) is 5.32 Å². The van der Waals surface area contributed by atoms with E-state index < -0.39 is 23.6 Å². The summed E-state index contributed by atoms with van der Waals surface area (Å²) in [5, 5.41) is 11.8. The lowest BCUT2D eigenvalue weighted by Crippen LogP contribution is -2.29. The van der Waals surface area contributed by atoms with Crippen LogP contribution in [0.25, 0.3) is 5.57 Å². The number of carboxylic acid groups (broad SMARTS) is 1. The molecular formula is C30H32F2N2O4. The van der Waals surface area contributed by atoms with Crippen LogP contribution in [0.4, 0.5) is 14.5 Å². The molecule has 0 aliphatic rings. The Balaban J connectivity index is 1.80. The molecule has 0 aromatic heterocycles. The van der Waals surface area contributed by atoms with Gasteiger partial charge in [-0.1, -0.05) is 13.0 Å². The second-order valence-electron chi connectivity index (χ2n) is 9.22. The number of carbonyl (C=O) groups excluding carboxylic acids is 1. The van der Waals surface area contributed by atoms with Gasteiger partial charge in [-0.25, -0.2) is 8.78 Å². The molecule has 1 atom stereocenters. The van der Waals surface area contributed by atoms with E-state index in [1.54, 1.807) is 38.1 Å². The number of hydrogen-bond acceptors (Lipinski definition) is 4.